The van der Waals surface area contributed by atoms with Crippen molar-refractivity contribution >= 4 is 23.0 Å². The van der Waals surface area contributed by atoms with Crippen molar-refractivity contribution in [1.82, 2.24) is 9.97 Å². The second-order valence-corrected chi connectivity index (χ2v) is 5.71. The highest BCUT2D eigenvalue weighted by Crippen LogP contribution is 2.30. The second kappa shape index (κ2) is 8.51. The van der Waals surface area contributed by atoms with Crippen LogP contribution in [0, 0.1) is 36.5 Å². The van der Waals surface area contributed by atoms with Crippen LogP contribution in [0.3, 0.4) is 0 Å². The molecule has 0 spiro atoms. The lowest BCUT2D eigenvalue weighted by Crippen LogP contribution is -2.27. The molecule has 3 N–H and O–H groups in total. The SMILES string of the molecule is Cc1ccc(Nc2ncnc(N(CCC#N)CCC#N)c2N)c(C)c1. The highest BCUT2D eigenvalue weighted by molar-refractivity contribution is 5.79. The van der Waals surface area contributed by atoms with Crippen LogP contribution >= 0.6 is 0 Å². The quantitative estimate of drug-likeness (QED) is 0.799. The molecule has 128 valence electrons. The summed E-state index contributed by atoms with van der Waals surface area (Å²) in [5.41, 5.74) is 9.85. The van der Waals surface area contributed by atoms with Crippen molar-refractivity contribution in [3.8, 4) is 12.1 Å². The van der Waals surface area contributed by atoms with E-state index in [4.69, 9.17) is 16.3 Å². The van der Waals surface area contributed by atoms with Crippen LogP contribution in [-0.2, 0) is 0 Å². The molecule has 1 heterocycles. The average molecular weight is 335 g/mol. The molecule has 0 aliphatic carbocycles. The van der Waals surface area contributed by atoms with E-state index in [0.717, 1.165) is 11.3 Å². The van der Waals surface area contributed by atoms with Gasteiger partial charge in [0.25, 0.3) is 0 Å². The molecule has 7 heteroatoms. The van der Waals surface area contributed by atoms with Gasteiger partial charge in [-0.15, -0.1) is 0 Å². The second-order valence-electron chi connectivity index (χ2n) is 5.71. The van der Waals surface area contributed by atoms with E-state index in [1.165, 1.54) is 11.9 Å². The summed E-state index contributed by atoms with van der Waals surface area (Å²) in [7, 11) is 0. The summed E-state index contributed by atoms with van der Waals surface area (Å²) in [4.78, 5) is 10.3. The predicted octanol–water partition coefficient (Wildman–Crippen LogP) is 3.05. The molecule has 0 unspecified atom stereocenters. The molecule has 7 nitrogen and oxygen atoms in total. The zero-order valence-corrected chi connectivity index (χ0v) is 14.5. The molecule has 0 saturated heterocycles. The Morgan fingerprint density at radius 2 is 1.80 bits per heavy atom. The maximum Gasteiger partial charge on any atom is 0.159 e. The van der Waals surface area contributed by atoms with Gasteiger partial charge < -0.3 is 16.0 Å². The lowest BCUT2D eigenvalue weighted by Gasteiger charge is -2.23. The van der Waals surface area contributed by atoms with Gasteiger partial charge in [-0.1, -0.05) is 17.7 Å². The molecule has 0 bridgehead atoms. The standard InChI is InChI=1S/C18H21N7/c1-13-5-6-15(14(2)11-13)24-17-16(21)18(23-12-22-17)25(9-3-7-19)10-4-8-20/h5-6,11-12H,3-4,9-10,21H2,1-2H3,(H,22,23,24). The van der Waals surface area contributed by atoms with Crippen LogP contribution in [0.5, 0.6) is 0 Å². The lowest BCUT2D eigenvalue weighted by atomic mass is 10.1. The van der Waals surface area contributed by atoms with E-state index in [1.807, 2.05) is 30.9 Å². The van der Waals surface area contributed by atoms with Crippen molar-refractivity contribution in [1.29, 1.82) is 10.5 Å². The van der Waals surface area contributed by atoms with Crippen LogP contribution in [0.25, 0.3) is 0 Å². The molecular formula is C18H21N7. The van der Waals surface area contributed by atoms with Gasteiger partial charge in [-0.25, -0.2) is 9.97 Å². The van der Waals surface area contributed by atoms with Gasteiger partial charge in [0.2, 0.25) is 0 Å². The summed E-state index contributed by atoms with van der Waals surface area (Å²) < 4.78 is 0. The largest absolute Gasteiger partial charge is 0.393 e. The van der Waals surface area contributed by atoms with Gasteiger partial charge in [0.1, 0.15) is 12.0 Å². The van der Waals surface area contributed by atoms with Gasteiger partial charge >= 0.3 is 0 Å². The van der Waals surface area contributed by atoms with Crippen LogP contribution in [0.15, 0.2) is 24.5 Å². The van der Waals surface area contributed by atoms with Crippen LogP contribution in [-0.4, -0.2) is 23.1 Å². The summed E-state index contributed by atoms with van der Waals surface area (Å²) in [5.74, 6) is 1.05. The normalized spacial score (nSPS) is 9.92. The van der Waals surface area contributed by atoms with Gasteiger partial charge in [-0.3, -0.25) is 0 Å². The minimum atomic E-state index is 0.328. The number of aromatic nitrogens is 2. The van der Waals surface area contributed by atoms with Gasteiger partial charge in [0.05, 0.1) is 25.0 Å². The topological polar surface area (TPSA) is 115 Å². The number of nitrogens with two attached hydrogens (primary N) is 1. The first-order valence-electron chi connectivity index (χ1n) is 8.00. The van der Waals surface area contributed by atoms with Crippen molar-refractivity contribution in [2.75, 3.05) is 29.0 Å². The maximum absolute atomic E-state index is 8.84. The number of nitriles is 2. The molecular weight excluding hydrogens is 314 g/mol. The molecule has 0 aliphatic rings. The van der Waals surface area contributed by atoms with Gasteiger partial charge in [-0.05, 0) is 25.5 Å². The molecule has 2 rings (SSSR count). The number of nitrogens with zero attached hydrogens (tertiary/aromatic N) is 5. The van der Waals surface area contributed by atoms with E-state index >= 15 is 0 Å². The molecule has 25 heavy (non-hydrogen) atoms. The first kappa shape index (κ1) is 18.0. The van der Waals surface area contributed by atoms with E-state index in [2.05, 4.69) is 33.5 Å². The van der Waals surface area contributed by atoms with E-state index in [-0.39, 0.29) is 0 Å². The summed E-state index contributed by atoms with van der Waals surface area (Å²) >= 11 is 0. The smallest absolute Gasteiger partial charge is 0.159 e. The van der Waals surface area contributed by atoms with Crippen molar-refractivity contribution in [3.05, 3.63) is 35.7 Å². The molecule has 1 aromatic carbocycles. The monoisotopic (exact) mass is 335 g/mol. The molecule has 0 saturated carbocycles. The average Bonchev–Trinajstić information content (AvgIpc) is 2.59. The van der Waals surface area contributed by atoms with Crippen molar-refractivity contribution < 1.29 is 0 Å². The Morgan fingerprint density at radius 3 is 2.40 bits per heavy atom. The molecule has 0 fully saturated rings. The van der Waals surface area contributed by atoms with Crippen molar-refractivity contribution in [2.45, 2.75) is 26.7 Å². The Balaban J connectivity index is 2.31. The molecule has 0 amide bonds. The Labute approximate surface area is 147 Å². The first-order chi connectivity index (χ1) is 12.1. The third-order valence-electron chi connectivity index (χ3n) is 3.78. The number of hydrogen-bond acceptors (Lipinski definition) is 7. The summed E-state index contributed by atoms with van der Waals surface area (Å²) in [6.45, 7) is 4.97. The van der Waals surface area contributed by atoms with Crippen LogP contribution < -0.4 is 16.0 Å². The van der Waals surface area contributed by atoms with Crippen LogP contribution in [0.2, 0.25) is 0 Å². The molecule has 1 aromatic heterocycles. The van der Waals surface area contributed by atoms with E-state index in [0.29, 0.717) is 43.3 Å². The van der Waals surface area contributed by atoms with Gasteiger partial charge in [-0.2, -0.15) is 10.5 Å². The number of benzene rings is 1. The number of hydrogen-bond donors (Lipinski definition) is 2. The Hall–Kier alpha value is -3.32. The van der Waals surface area contributed by atoms with Crippen molar-refractivity contribution in [2.24, 2.45) is 0 Å². The lowest BCUT2D eigenvalue weighted by molar-refractivity contribution is 0.782. The summed E-state index contributed by atoms with van der Waals surface area (Å²) in [6.07, 6.45) is 2.09. The van der Waals surface area contributed by atoms with Crippen LogP contribution in [0.1, 0.15) is 24.0 Å². The fourth-order valence-corrected chi connectivity index (χ4v) is 2.51. The van der Waals surface area contributed by atoms with Gasteiger partial charge in [0, 0.05) is 18.8 Å². The first-order valence-corrected chi connectivity index (χ1v) is 8.00. The Kier molecular flexibility index (Phi) is 6.14. The summed E-state index contributed by atoms with van der Waals surface area (Å²) in [6, 6.07) is 10.3. The number of nitrogens with one attached hydrogen (secondary N) is 1. The highest BCUT2D eigenvalue weighted by atomic mass is 15.2. The minimum Gasteiger partial charge on any atom is -0.393 e. The zero-order chi connectivity index (χ0) is 18.2. The fourth-order valence-electron chi connectivity index (χ4n) is 2.51. The zero-order valence-electron chi connectivity index (χ0n) is 14.5. The molecule has 0 aliphatic heterocycles. The number of nitrogen functional groups attached to an aromatic ring is 1. The molecule has 2 aromatic rings. The highest BCUT2D eigenvalue weighted by Gasteiger charge is 2.15. The molecule has 0 radical (unpaired) electrons. The van der Waals surface area contributed by atoms with E-state index < -0.39 is 0 Å². The van der Waals surface area contributed by atoms with Crippen LogP contribution in [0.4, 0.5) is 23.0 Å². The Bertz CT molecular complexity index is 799. The van der Waals surface area contributed by atoms with E-state index in [1.54, 1.807) is 0 Å². The fraction of sp³-hybridized carbons (Fsp3) is 0.333. The maximum atomic E-state index is 8.84. The predicted molar refractivity (Wildman–Crippen MR) is 98.3 cm³/mol. The van der Waals surface area contributed by atoms with Gasteiger partial charge in [0.15, 0.2) is 11.6 Å². The minimum absolute atomic E-state index is 0.328. The number of rotatable bonds is 7. The third kappa shape index (κ3) is 4.58. The van der Waals surface area contributed by atoms with E-state index in [9.17, 15) is 0 Å². The Morgan fingerprint density at radius 1 is 1.12 bits per heavy atom. The van der Waals surface area contributed by atoms with Crippen molar-refractivity contribution in [3.63, 3.8) is 0 Å². The number of anilines is 4. The molecule has 0 atom stereocenters. The summed E-state index contributed by atoms with van der Waals surface area (Å²) in [5, 5.41) is 20.9. The number of aryl methyl sites for hydroxylation is 2. The third-order valence-corrected chi connectivity index (χ3v) is 3.78.